The van der Waals surface area contributed by atoms with Gasteiger partial charge in [0.1, 0.15) is 9.23 Å². The molecule has 2 aliphatic rings. The molecule has 3 rings (SSSR count). The van der Waals surface area contributed by atoms with E-state index in [1.165, 1.54) is 6.07 Å². The molecule has 112 valence electrons. The molecule has 0 aromatic carbocycles. The first-order chi connectivity index (χ1) is 9.43. The van der Waals surface area contributed by atoms with Crippen molar-refractivity contribution in [3.63, 3.8) is 0 Å². The van der Waals surface area contributed by atoms with E-state index >= 15 is 0 Å². The molecule has 8 heteroatoms. The van der Waals surface area contributed by atoms with Crippen molar-refractivity contribution in [2.75, 3.05) is 26.2 Å². The van der Waals surface area contributed by atoms with Gasteiger partial charge in [-0.3, -0.25) is 0 Å². The van der Waals surface area contributed by atoms with Gasteiger partial charge in [-0.2, -0.15) is 4.31 Å². The van der Waals surface area contributed by atoms with E-state index in [9.17, 15) is 8.42 Å². The van der Waals surface area contributed by atoms with Gasteiger partial charge in [0.15, 0.2) is 0 Å². The average molecular weight is 355 g/mol. The van der Waals surface area contributed by atoms with E-state index in [0.29, 0.717) is 17.4 Å². The van der Waals surface area contributed by atoms with Crippen LogP contribution in [0.2, 0.25) is 8.67 Å². The molecule has 0 unspecified atom stereocenters. The minimum Gasteiger partial charge on any atom is -0.317 e. The van der Waals surface area contributed by atoms with Gasteiger partial charge in [-0.1, -0.05) is 23.2 Å². The van der Waals surface area contributed by atoms with Crippen molar-refractivity contribution in [1.29, 1.82) is 0 Å². The first-order valence-electron chi connectivity index (χ1n) is 6.59. The largest absolute Gasteiger partial charge is 0.317 e. The van der Waals surface area contributed by atoms with E-state index in [4.69, 9.17) is 23.2 Å². The zero-order valence-corrected chi connectivity index (χ0v) is 14.0. The van der Waals surface area contributed by atoms with Crippen LogP contribution in [-0.2, 0) is 10.0 Å². The molecule has 1 aromatic heterocycles. The van der Waals surface area contributed by atoms with Crippen LogP contribution in [-0.4, -0.2) is 38.9 Å². The molecule has 0 saturated carbocycles. The molecule has 1 spiro atoms. The van der Waals surface area contributed by atoms with E-state index in [1.807, 2.05) is 0 Å². The van der Waals surface area contributed by atoms with Crippen LogP contribution in [0.1, 0.15) is 19.3 Å². The predicted molar refractivity (Wildman–Crippen MR) is 82.3 cm³/mol. The van der Waals surface area contributed by atoms with Crippen molar-refractivity contribution < 1.29 is 8.42 Å². The Labute approximate surface area is 133 Å². The summed E-state index contributed by atoms with van der Waals surface area (Å²) >= 11 is 13.0. The molecule has 1 N–H and O–H groups in total. The molecule has 0 radical (unpaired) electrons. The topological polar surface area (TPSA) is 49.4 Å². The molecule has 0 aliphatic carbocycles. The van der Waals surface area contributed by atoms with Crippen LogP contribution in [0.3, 0.4) is 0 Å². The van der Waals surface area contributed by atoms with Crippen LogP contribution >= 0.6 is 34.5 Å². The SMILES string of the molecule is O=S(=O)(c1cc(Cl)sc1Cl)N1CCC2(CCNCC2)C1. The fourth-order valence-electron chi connectivity index (χ4n) is 3.10. The molecule has 2 fully saturated rings. The third kappa shape index (κ3) is 2.62. The van der Waals surface area contributed by atoms with Crippen molar-refractivity contribution in [3.05, 3.63) is 14.7 Å². The summed E-state index contributed by atoms with van der Waals surface area (Å²) in [6, 6.07) is 1.46. The summed E-state index contributed by atoms with van der Waals surface area (Å²) in [5, 5.41) is 3.33. The first kappa shape index (κ1) is 15.1. The fourth-order valence-corrected chi connectivity index (χ4v) is 6.77. The molecule has 0 amide bonds. The second kappa shape index (κ2) is 5.41. The molecule has 2 saturated heterocycles. The molecule has 4 nitrogen and oxygen atoms in total. The Kier molecular flexibility index (Phi) is 4.07. The van der Waals surface area contributed by atoms with Crippen molar-refractivity contribution in [1.82, 2.24) is 9.62 Å². The Morgan fingerprint density at radius 3 is 2.55 bits per heavy atom. The van der Waals surface area contributed by atoms with Gasteiger partial charge in [-0.05, 0) is 43.8 Å². The van der Waals surface area contributed by atoms with Gasteiger partial charge in [0.25, 0.3) is 0 Å². The number of nitrogens with zero attached hydrogens (tertiary/aromatic N) is 1. The summed E-state index contributed by atoms with van der Waals surface area (Å²) < 4.78 is 27.6. The quantitative estimate of drug-likeness (QED) is 0.888. The summed E-state index contributed by atoms with van der Waals surface area (Å²) in [4.78, 5) is 0.153. The lowest BCUT2D eigenvalue weighted by Gasteiger charge is -2.33. The standard InChI is InChI=1S/C12H16Cl2N2O2S2/c13-10-7-9(11(14)19-10)20(17,18)16-6-3-12(8-16)1-4-15-5-2-12/h7,15H,1-6,8H2. The van der Waals surface area contributed by atoms with Crippen LogP contribution in [0, 0.1) is 5.41 Å². The highest BCUT2D eigenvalue weighted by Crippen LogP contribution is 2.43. The minimum atomic E-state index is -3.52. The van der Waals surface area contributed by atoms with E-state index in [1.54, 1.807) is 4.31 Å². The number of hydrogen-bond donors (Lipinski definition) is 1. The number of hydrogen-bond acceptors (Lipinski definition) is 4. The Balaban J connectivity index is 1.85. The number of sulfonamides is 1. The van der Waals surface area contributed by atoms with E-state index < -0.39 is 10.0 Å². The lowest BCUT2D eigenvalue weighted by molar-refractivity contribution is 0.218. The monoisotopic (exact) mass is 354 g/mol. The van der Waals surface area contributed by atoms with Gasteiger partial charge in [0.2, 0.25) is 10.0 Å². The van der Waals surface area contributed by atoms with E-state index in [0.717, 1.165) is 43.7 Å². The third-order valence-electron chi connectivity index (χ3n) is 4.31. The molecular weight excluding hydrogens is 339 g/mol. The molecule has 0 bridgehead atoms. The number of nitrogens with one attached hydrogen (secondary N) is 1. The maximum atomic E-state index is 12.7. The fraction of sp³-hybridized carbons (Fsp3) is 0.667. The Hall–Kier alpha value is 0.150. The van der Waals surface area contributed by atoms with Crippen molar-refractivity contribution in [2.45, 2.75) is 24.2 Å². The summed E-state index contributed by atoms with van der Waals surface area (Å²) in [6.45, 7) is 3.12. The average Bonchev–Trinajstić information content (AvgIpc) is 2.95. The normalized spacial score (nSPS) is 23.5. The van der Waals surface area contributed by atoms with Crippen LogP contribution in [0.5, 0.6) is 0 Å². The van der Waals surface area contributed by atoms with Crippen LogP contribution in [0.4, 0.5) is 0 Å². The van der Waals surface area contributed by atoms with Crippen LogP contribution < -0.4 is 5.32 Å². The number of thiophene rings is 1. The van der Waals surface area contributed by atoms with E-state index in [-0.39, 0.29) is 14.6 Å². The number of halogens is 2. The predicted octanol–water partition coefficient (Wildman–Crippen LogP) is 2.82. The zero-order valence-electron chi connectivity index (χ0n) is 10.9. The lowest BCUT2D eigenvalue weighted by atomic mass is 9.78. The van der Waals surface area contributed by atoms with Gasteiger partial charge in [0.05, 0.1) is 4.34 Å². The molecule has 1 aromatic rings. The lowest BCUT2D eigenvalue weighted by Crippen LogP contribution is -2.39. The summed E-state index contributed by atoms with van der Waals surface area (Å²) in [5.41, 5.74) is 0.143. The minimum absolute atomic E-state index is 0.143. The van der Waals surface area contributed by atoms with Crippen molar-refractivity contribution in [3.8, 4) is 0 Å². The van der Waals surface area contributed by atoms with Crippen molar-refractivity contribution in [2.24, 2.45) is 5.41 Å². The molecule has 3 heterocycles. The van der Waals surface area contributed by atoms with Gasteiger partial charge < -0.3 is 5.32 Å². The Morgan fingerprint density at radius 2 is 1.95 bits per heavy atom. The van der Waals surface area contributed by atoms with Crippen LogP contribution in [0.15, 0.2) is 11.0 Å². The van der Waals surface area contributed by atoms with Gasteiger partial charge in [-0.25, -0.2) is 8.42 Å². The highest BCUT2D eigenvalue weighted by atomic mass is 35.5. The smallest absolute Gasteiger partial charge is 0.245 e. The third-order valence-corrected chi connectivity index (χ3v) is 7.91. The molecule has 2 aliphatic heterocycles. The Bertz CT molecular complexity index is 609. The molecule has 20 heavy (non-hydrogen) atoms. The van der Waals surface area contributed by atoms with Gasteiger partial charge in [-0.15, -0.1) is 11.3 Å². The molecular formula is C12H16Cl2N2O2S2. The molecule has 0 atom stereocenters. The maximum Gasteiger partial charge on any atom is 0.245 e. The van der Waals surface area contributed by atoms with E-state index in [2.05, 4.69) is 5.32 Å². The van der Waals surface area contributed by atoms with Crippen molar-refractivity contribution >= 4 is 44.6 Å². The van der Waals surface area contributed by atoms with Gasteiger partial charge in [0, 0.05) is 13.1 Å². The first-order valence-corrected chi connectivity index (χ1v) is 9.60. The summed E-state index contributed by atoms with van der Waals surface area (Å²) in [5.74, 6) is 0. The van der Waals surface area contributed by atoms with Gasteiger partial charge >= 0.3 is 0 Å². The highest BCUT2D eigenvalue weighted by Gasteiger charge is 2.44. The Morgan fingerprint density at radius 1 is 1.25 bits per heavy atom. The number of rotatable bonds is 2. The number of piperidine rings is 1. The summed E-state index contributed by atoms with van der Waals surface area (Å²) in [6.07, 6.45) is 3.01. The zero-order chi connectivity index (χ0) is 14.4. The summed E-state index contributed by atoms with van der Waals surface area (Å²) in [7, 11) is -3.52. The second-order valence-electron chi connectivity index (χ2n) is 5.53. The highest BCUT2D eigenvalue weighted by molar-refractivity contribution is 7.89. The van der Waals surface area contributed by atoms with Crippen LogP contribution in [0.25, 0.3) is 0 Å². The second-order valence-corrected chi connectivity index (χ2v) is 9.72. The maximum absolute atomic E-state index is 12.7.